The highest BCUT2D eigenvalue weighted by molar-refractivity contribution is 7.09. The summed E-state index contributed by atoms with van der Waals surface area (Å²) in [5, 5.41) is 13.3. The summed E-state index contributed by atoms with van der Waals surface area (Å²) >= 11 is 1.72. The van der Waals surface area contributed by atoms with E-state index in [4.69, 9.17) is 4.98 Å². The number of rotatable bonds is 7. The molecule has 0 bridgehead atoms. The van der Waals surface area contributed by atoms with Crippen molar-refractivity contribution in [1.29, 1.82) is 0 Å². The number of nitrogens with one attached hydrogen (secondary N) is 2. The lowest BCUT2D eigenvalue weighted by Crippen LogP contribution is -2.12. The molecule has 0 aliphatic carbocycles. The summed E-state index contributed by atoms with van der Waals surface area (Å²) in [6, 6.07) is 14.4. The molecular weight excluding hydrogens is 356 g/mol. The minimum absolute atomic E-state index is 0.338. The molecule has 3 aromatic heterocycles. The van der Waals surface area contributed by atoms with Crippen LogP contribution in [0.3, 0.4) is 0 Å². The maximum atomic E-state index is 4.71. The van der Waals surface area contributed by atoms with Gasteiger partial charge in [-0.25, -0.2) is 0 Å². The molecule has 4 rings (SSSR count). The molecule has 7 heteroatoms. The average molecular weight is 379 g/mol. The molecule has 0 aliphatic rings. The predicted molar refractivity (Wildman–Crippen MR) is 110 cm³/mol. The normalized spacial score (nSPS) is 11.2. The minimum atomic E-state index is 0.338. The first kappa shape index (κ1) is 17.5. The van der Waals surface area contributed by atoms with Crippen LogP contribution in [-0.2, 0) is 13.1 Å². The SMILES string of the molecule is CC(C)c1cnn2c(NCc3ccccc3)nc(NCc3cccs3)nc12. The highest BCUT2D eigenvalue weighted by atomic mass is 32.1. The number of anilines is 2. The van der Waals surface area contributed by atoms with Gasteiger partial charge in [0.1, 0.15) is 0 Å². The van der Waals surface area contributed by atoms with Gasteiger partial charge in [-0.15, -0.1) is 11.3 Å². The molecule has 27 heavy (non-hydrogen) atoms. The van der Waals surface area contributed by atoms with Crippen molar-refractivity contribution in [3.8, 4) is 0 Å². The third kappa shape index (κ3) is 3.93. The van der Waals surface area contributed by atoms with Crippen LogP contribution < -0.4 is 10.6 Å². The van der Waals surface area contributed by atoms with E-state index in [1.807, 2.05) is 30.5 Å². The maximum absolute atomic E-state index is 4.71. The zero-order chi connectivity index (χ0) is 18.6. The summed E-state index contributed by atoms with van der Waals surface area (Å²) in [7, 11) is 0. The van der Waals surface area contributed by atoms with Gasteiger partial charge in [-0.3, -0.25) is 0 Å². The van der Waals surface area contributed by atoms with Gasteiger partial charge in [-0.2, -0.15) is 19.6 Å². The molecule has 0 aliphatic heterocycles. The van der Waals surface area contributed by atoms with Gasteiger partial charge in [0, 0.05) is 17.0 Å². The van der Waals surface area contributed by atoms with Gasteiger partial charge >= 0.3 is 0 Å². The van der Waals surface area contributed by atoms with E-state index in [2.05, 4.69) is 58.1 Å². The fourth-order valence-electron chi connectivity index (χ4n) is 2.85. The van der Waals surface area contributed by atoms with Crippen LogP contribution >= 0.6 is 11.3 Å². The van der Waals surface area contributed by atoms with Gasteiger partial charge in [0.2, 0.25) is 11.9 Å². The van der Waals surface area contributed by atoms with Crippen molar-refractivity contribution in [3.05, 3.63) is 70.0 Å². The van der Waals surface area contributed by atoms with Crippen molar-refractivity contribution in [2.45, 2.75) is 32.9 Å². The molecule has 4 aromatic rings. The predicted octanol–water partition coefficient (Wildman–Crippen LogP) is 4.53. The van der Waals surface area contributed by atoms with Crippen LogP contribution in [0.15, 0.2) is 54.0 Å². The zero-order valence-corrected chi connectivity index (χ0v) is 16.2. The number of thiophene rings is 1. The van der Waals surface area contributed by atoms with E-state index in [1.165, 1.54) is 10.4 Å². The second kappa shape index (κ2) is 7.75. The van der Waals surface area contributed by atoms with Crippen LogP contribution in [0.25, 0.3) is 5.65 Å². The van der Waals surface area contributed by atoms with Gasteiger partial charge in [0.25, 0.3) is 0 Å². The van der Waals surface area contributed by atoms with E-state index in [-0.39, 0.29) is 0 Å². The molecule has 138 valence electrons. The van der Waals surface area contributed by atoms with E-state index < -0.39 is 0 Å². The number of nitrogens with zero attached hydrogens (tertiary/aromatic N) is 4. The van der Waals surface area contributed by atoms with E-state index >= 15 is 0 Å². The summed E-state index contributed by atoms with van der Waals surface area (Å²) in [5.74, 6) is 1.63. The van der Waals surface area contributed by atoms with Crippen molar-refractivity contribution >= 4 is 28.9 Å². The van der Waals surface area contributed by atoms with Crippen LogP contribution in [0.1, 0.15) is 35.8 Å². The lowest BCUT2D eigenvalue weighted by molar-refractivity contribution is 0.864. The lowest BCUT2D eigenvalue weighted by Gasteiger charge is -2.11. The lowest BCUT2D eigenvalue weighted by atomic mass is 10.1. The highest BCUT2D eigenvalue weighted by Gasteiger charge is 2.15. The van der Waals surface area contributed by atoms with E-state index in [0.29, 0.717) is 30.9 Å². The first-order valence-electron chi connectivity index (χ1n) is 9.00. The molecule has 1 aromatic carbocycles. The average Bonchev–Trinajstić information content (AvgIpc) is 3.35. The fraction of sp³-hybridized carbons (Fsp3) is 0.250. The van der Waals surface area contributed by atoms with Crippen molar-refractivity contribution in [2.75, 3.05) is 10.6 Å². The highest BCUT2D eigenvalue weighted by Crippen LogP contribution is 2.22. The first-order chi connectivity index (χ1) is 13.2. The Kier molecular flexibility index (Phi) is 5.02. The molecule has 0 atom stereocenters. The monoisotopic (exact) mass is 378 g/mol. The number of benzene rings is 1. The molecule has 0 fully saturated rings. The van der Waals surface area contributed by atoms with E-state index in [9.17, 15) is 0 Å². The van der Waals surface area contributed by atoms with Crippen LogP contribution in [-0.4, -0.2) is 19.6 Å². The Morgan fingerprint density at radius 1 is 1.00 bits per heavy atom. The Labute approximate surface area is 162 Å². The second-order valence-electron chi connectivity index (χ2n) is 6.63. The van der Waals surface area contributed by atoms with E-state index in [0.717, 1.165) is 11.2 Å². The third-order valence-electron chi connectivity index (χ3n) is 4.31. The summed E-state index contributed by atoms with van der Waals surface area (Å²) in [4.78, 5) is 10.6. The summed E-state index contributed by atoms with van der Waals surface area (Å²) < 4.78 is 1.79. The molecule has 0 spiro atoms. The standard InChI is InChI=1S/C20H22N6S/c1-14(2)17-13-23-26-18(17)24-19(21-12-16-9-6-10-27-16)25-20(26)22-11-15-7-4-3-5-8-15/h3-10,13-14H,11-12H2,1-2H3,(H2,21,22,24,25). The Hall–Kier alpha value is -2.93. The molecular formula is C20H22N6S. The number of hydrogen-bond acceptors (Lipinski definition) is 6. The largest absolute Gasteiger partial charge is 0.350 e. The summed E-state index contributed by atoms with van der Waals surface area (Å²) in [6.45, 7) is 5.68. The summed E-state index contributed by atoms with van der Waals surface area (Å²) in [5.41, 5.74) is 3.14. The van der Waals surface area contributed by atoms with Crippen LogP contribution in [0.5, 0.6) is 0 Å². The molecule has 0 saturated carbocycles. The second-order valence-corrected chi connectivity index (χ2v) is 7.67. The van der Waals surface area contributed by atoms with Gasteiger partial charge < -0.3 is 10.6 Å². The molecule has 0 radical (unpaired) electrons. The quantitative estimate of drug-likeness (QED) is 0.494. The van der Waals surface area contributed by atoms with Crippen LogP contribution in [0, 0.1) is 0 Å². The van der Waals surface area contributed by atoms with Crippen LogP contribution in [0.2, 0.25) is 0 Å². The van der Waals surface area contributed by atoms with Crippen molar-refractivity contribution in [2.24, 2.45) is 0 Å². The number of aromatic nitrogens is 4. The third-order valence-corrected chi connectivity index (χ3v) is 5.19. The molecule has 0 unspecified atom stereocenters. The fourth-order valence-corrected chi connectivity index (χ4v) is 3.50. The number of hydrogen-bond donors (Lipinski definition) is 2. The minimum Gasteiger partial charge on any atom is -0.350 e. The molecule has 3 heterocycles. The van der Waals surface area contributed by atoms with Crippen molar-refractivity contribution < 1.29 is 0 Å². The molecule has 2 N–H and O–H groups in total. The Morgan fingerprint density at radius 3 is 2.59 bits per heavy atom. The zero-order valence-electron chi connectivity index (χ0n) is 15.4. The van der Waals surface area contributed by atoms with Crippen molar-refractivity contribution in [1.82, 2.24) is 19.6 Å². The maximum Gasteiger partial charge on any atom is 0.229 e. The van der Waals surface area contributed by atoms with Gasteiger partial charge in [-0.05, 0) is 22.9 Å². The molecule has 0 amide bonds. The Bertz CT molecular complexity index is 1010. The first-order valence-corrected chi connectivity index (χ1v) is 9.88. The summed E-state index contributed by atoms with van der Waals surface area (Å²) in [6.07, 6.45) is 1.88. The molecule has 6 nitrogen and oxygen atoms in total. The van der Waals surface area contributed by atoms with Gasteiger partial charge in [-0.1, -0.05) is 50.2 Å². The van der Waals surface area contributed by atoms with E-state index in [1.54, 1.807) is 15.9 Å². The smallest absolute Gasteiger partial charge is 0.229 e. The van der Waals surface area contributed by atoms with Gasteiger partial charge in [0.05, 0.1) is 12.7 Å². The topological polar surface area (TPSA) is 67.1 Å². The van der Waals surface area contributed by atoms with Crippen LogP contribution in [0.4, 0.5) is 11.9 Å². The Balaban J connectivity index is 1.64. The Morgan fingerprint density at radius 2 is 1.85 bits per heavy atom. The van der Waals surface area contributed by atoms with Gasteiger partial charge in [0.15, 0.2) is 5.65 Å². The van der Waals surface area contributed by atoms with Crippen molar-refractivity contribution in [3.63, 3.8) is 0 Å². The number of fused-ring (bicyclic) bond motifs is 1. The molecule has 0 saturated heterocycles.